The molecule has 0 spiro atoms. The second-order valence-corrected chi connectivity index (χ2v) is 5.17. The molecule has 4 N–H and O–H groups in total. The number of nitrogens with two attached hydrogens (primary N) is 1. The minimum atomic E-state index is -0.326. The number of hydrazine groups is 1. The van der Waals surface area contributed by atoms with Gasteiger partial charge in [0.1, 0.15) is 5.00 Å². The van der Waals surface area contributed by atoms with E-state index in [0.29, 0.717) is 10.6 Å². The number of hydrogen-bond donors (Lipinski definition) is 3. The van der Waals surface area contributed by atoms with Gasteiger partial charge in [0.25, 0.3) is 5.91 Å². The van der Waals surface area contributed by atoms with E-state index < -0.39 is 0 Å². The van der Waals surface area contributed by atoms with Crippen LogP contribution < -0.4 is 16.6 Å². The molecule has 92 valence electrons. The molecule has 0 aromatic carbocycles. The van der Waals surface area contributed by atoms with Gasteiger partial charge >= 0.3 is 0 Å². The highest BCUT2D eigenvalue weighted by Crippen LogP contribution is 2.37. The zero-order valence-electron chi connectivity index (χ0n) is 9.63. The molecule has 17 heavy (non-hydrogen) atoms. The van der Waals surface area contributed by atoms with E-state index in [2.05, 4.69) is 10.7 Å². The minimum Gasteiger partial charge on any atom is -0.317 e. The van der Waals surface area contributed by atoms with Crippen LogP contribution in [0.25, 0.3) is 0 Å². The predicted molar refractivity (Wildman–Crippen MR) is 66.9 cm³/mol. The number of anilines is 1. The Hall–Kier alpha value is -1.40. The summed E-state index contributed by atoms with van der Waals surface area (Å²) in [5.74, 6) is 4.69. The van der Waals surface area contributed by atoms with Crippen molar-refractivity contribution < 1.29 is 9.59 Å². The first-order chi connectivity index (χ1) is 8.13. The summed E-state index contributed by atoms with van der Waals surface area (Å²) in [5.41, 5.74) is 3.74. The topological polar surface area (TPSA) is 84.2 Å². The van der Waals surface area contributed by atoms with E-state index in [9.17, 15) is 9.59 Å². The lowest BCUT2D eigenvalue weighted by Gasteiger charge is -2.11. The maximum atomic E-state index is 11.8. The van der Waals surface area contributed by atoms with Crippen molar-refractivity contribution in [2.24, 2.45) is 5.84 Å². The third-order valence-corrected chi connectivity index (χ3v) is 4.03. The van der Waals surface area contributed by atoms with Crippen LogP contribution in [0.3, 0.4) is 0 Å². The Kier molecular flexibility index (Phi) is 3.44. The van der Waals surface area contributed by atoms with Gasteiger partial charge in [-0.05, 0) is 31.2 Å². The number of carbonyl (C=O) groups excluding carboxylic acids is 2. The number of amides is 2. The van der Waals surface area contributed by atoms with Gasteiger partial charge in [0, 0.05) is 11.8 Å². The predicted octanol–water partition coefficient (Wildman–Crippen LogP) is 1.19. The summed E-state index contributed by atoms with van der Waals surface area (Å²) in [6, 6.07) is 0. The van der Waals surface area contributed by atoms with E-state index in [0.717, 1.165) is 31.2 Å². The molecule has 0 radical (unpaired) electrons. The van der Waals surface area contributed by atoms with Gasteiger partial charge in [-0.2, -0.15) is 0 Å². The van der Waals surface area contributed by atoms with Crippen LogP contribution in [-0.2, 0) is 17.6 Å². The van der Waals surface area contributed by atoms with Crippen molar-refractivity contribution in [3.8, 4) is 0 Å². The molecule has 1 aromatic rings. The Labute approximate surface area is 103 Å². The van der Waals surface area contributed by atoms with Crippen LogP contribution >= 0.6 is 11.3 Å². The first-order valence-electron chi connectivity index (χ1n) is 5.56. The lowest BCUT2D eigenvalue weighted by molar-refractivity contribution is -0.114. The molecule has 1 aliphatic carbocycles. The standard InChI is InChI=1S/C11H15N3O2S/c1-6(15)13-11-9(10(16)14-12)7-4-2-3-5-8(7)17-11/h2-5,12H2,1H3,(H,13,15)(H,14,16). The molecule has 5 nitrogen and oxygen atoms in total. The van der Waals surface area contributed by atoms with Crippen molar-refractivity contribution in [2.45, 2.75) is 32.6 Å². The summed E-state index contributed by atoms with van der Waals surface area (Å²) in [6.07, 6.45) is 4.07. The Balaban J connectivity index is 2.46. The molecule has 0 unspecified atom stereocenters. The highest BCUT2D eigenvalue weighted by atomic mass is 32.1. The van der Waals surface area contributed by atoms with Gasteiger partial charge < -0.3 is 5.32 Å². The first-order valence-corrected chi connectivity index (χ1v) is 6.38. The normalized spacial score (nSPS) is 14.0. The highest BCUT2D eigenvalue weighted by Gasteiger charge is 2.25. The maximum absolute atomic E-state index is 11.8. The lowest BCUT2D eigenvalue weighted by Crippen LogP contribution is -2.31. The summed E-state index contributed by atoms with van der Waals surface area (Å²) in [4.78, 5) is 24.1. The number of fused-ring (bicyclic) bond motifs is 1. The van der Waals surface area contributed by atoms with Crippen molar-refractivity contribution in [3.05, 3.63) is 16.0 Å². The number of aryl methyl sites for hydroxylation is 1. The van der Waals surface area contributed by atoms with Gasteiger partial charge in [0.2, 0.25) is 5.91 Å². The molecule has 2 amide bonds. The number of rotatable bonds is 2. The third-order valence-electron chi connectivity index (χ3n) is 2.82. The van der Waals surface area contributed by atoms with Crippen LogP contribution in [-0.4, -0.2) is 11.8 Å². The number of thiophene rings is 1. The Morgan fingerprint density at radius 2 is 2.00 bits per heavy atom. The van der Waals surface area contributed by atoms with Gasteiger partial charge in [-0.1, -0.05) is 0 Å². The van der Waals surface area contributed by atoms with E-state index in [1.165, 1.54) is 23.1 Å². The molecule has 2 rings (SSSR count). The second kappa shape index (κ2) is 4.85. The van der Waals surface area contributed by atoms with Crippen LogP contribution in [0.5, 0.6) is 0 Å². The summed E-state index contributed by atoms with van der Waals surface area (Å²) >= 11 is 1.49. The summed E-state index contributed by atoms with van der Waals surface area (Å²) in [5, 5.41) is 3.33. The van der Waals surface area contributed by atoms with Crippen molar-refractivity contribution in [2.75, 3.05) is 5.32 Å². The van der Waals surface area contributed by atoms with Crippen molar-refractivity contribution >= 4 is 28.2 Å². The zero-order valence-corrected chi connectivity index (χ0v) is 10.4. The van der Waals surface area contributed by atoms with Crippen molar-refractivity contribution in [1.29, 1.82) is 0 Å². The highest BCUT2D eigenvalue weighted by molar-refractivity contribution is 7.17. The SMILES string of the molecule is CC(=O)Nc1sc2c(c1C(=O)NN)CCCC2. The molecule has 0 fully saturated rings. The van der Waals surface area contributed by atoms with Gasteiger partial charge in [0.05, 0.1) is 5.56 Å². The number of nitrogen functional groups attached to an aromatic ring is 1. The summed E-state index contributed by atoms with van der Waals surface area (Å²) < 4.78 is 0. The monoisotopic (exact) mass is 253 g/mol. The summed E-state index contributed by atoms with van der Waals surface area (Å²) in [7, 11) is 0. The lowest BCUT2D eigenvalue weighted by atomic mass is 9.95. The van der Waals surface area contributed by atoms with Gasteiger partial charge in [-0.25, -0.2) is 5.84 Å². The fourth-order valence-corrected chi connectivity index (χ4v) is 3.46. The van der Waals surface area contributed by atoms with Crippen LogP contribution in [0.4, 0.5) is 5.00 Å². The van der Waals surface area contributed by atoms with Crippen LogP contribution in [0, 0.1) is 0 Å². The summed E-state index contributed by atoms with van der Waals surface area (Å²) in [6.45, 7) is 1.43. The quantitative estimate of drug-likeness (QED) is 0.420. The Morgan fingerprint density at radius 3 is 2.65 bits per heavy atom. The fraction of sp³-hybridized carbons (Fsp3) is 0.455. The molecular formula is C11H15N3O2S. The smallest absolute Gasteiger partial charge is 0.268 e. The molecule has 6 heteroatoms. The van der Waals surface area contributed by atoms with Crippen LogP contribution in [0.1, 0.15) is 40.6 Å². The molecule has 1 aromatic heterocycles. The van der Waals surface area contributed by atoms with Crippen LogP contribution in [0.15, 0.2) is 0 Å². The van der Waals surface area contributed by atoms with Crippen molar-refractivity contribution in [3.63, 3.8) is 0 Å². The van der Waals surface area contributed by atoms with E-state index in [-0.39, 0.29) is 11.8 Å². The zero-order chi connectivity index (χ0) is 12.4. The van der Waals surface area contributed by atoms with Gasteiger partial charge in [-0.3, -0.25) is 15.0 Å². The van der Waals surface area contributed by atoms with E-state index in [1.807, 2.05) is 0 Å². The molecule has 0 atom stereocenters. The molecule has 1 aliphatic rings. The molecule has 1 heterocycles. The van der Waals surface area contributed by atoms with Crippen LogP contribution in [0.2, 0.25) is 0 Å². The average molecular weight is 253 g/mol. The molecule has 0 saturated carbocycles. The largest absolute Gasteiger partial charge is 0.317 e. The number of nitrogens with one attached hydrogen (secondary N) is 2. The number of hydrogen-bond acceptors (Lipinski definition) is 4. The van der Waals surface area contributed by atoms with E-state index in [1.54, 1.807) is 0 Å². The molecule has 0 aliphatic heterocycles. The maximum Gasteiger partial charge on any atom is 0.268 e. The van der Waals surface area contributed by atoms with E-state index >= 15 is 0 Å². The van der Waals surface area contributed by atoms with Gasteiger partial charge in [0.15, 0.2) is 0 Å². The van der Waals surface area contributed by atoms with Crippen molar-refractivity contribution in [1.82, 2.24) is 5.43 Å². The molecule has 0 bridgehead atoms. The Morgan fingerprint density at radius 1 is 1.29 bits per heavy atom. The van der Waals surface area contributed by atoms with Gasteiger partial charge in [-0.15, -0.1) is 11.3 Å². The third kappa shape index (κ3) is 2.32. The fourth-order valence-electron chi connectivity index (χ4n) is 2.13. The van der Waals surface area contributed by atoms with E-state index in [4.69, 9.17) is 5.84 Å². The average Bonchev–Trinajstić information content (AvgIpc) is 2.65. The number of carbonyl (C=O) groups is 2. The molecule has 0 saturated heterocycles. The first kappa shape index (κ1) is 12.1. The second-order valence-electron chi connectivity index (χ2n) is 4.07. The molecular weight excluding hydrogens is 238 g/mol. The minimum absolute atomic E-state index is 0.172. The Bertz CT molecular complexity index is 468.